The number of nitrogens with zero attached hydrogens (tertiary/aromatic N) is 3. The fourth-order valence-corrected chi connectivity index (χ4v) is 4.09. The number of thioether (sulfide) groups is 1. The van der Waals surface area contributed by atoms with Crippen molar-refractivity contribution in [1.82, 2.24) is 9.97 Å². The van der Waals surface area contributed by atoms with E-state index in [0.717, 1.165) is 9.97 Å². The summed E-state index contributed by atoms with van der Waals surface area (Å²) in [5.74, 6) is 2.00. The van der Waals surface area contributed by atoms with Gasteiger partial charge in [-0.1, -0.05) is 43.4 Å². The summed E-state index contributed by atoms with van der Waals surface area (Å²) in [6.07, 6.45) is 3.32. The Hall–Kier alpha value is -2.72. The monoisotopic (exact) mass is 418 g/mol. The highest BCUT2D eigenvalue weighted by atomic mass is 32.2. The Balaban J connectivity index is 1.55. The molecule has 0 spiro atoms. The van der Waals surface area contributed by atoms with Crippen molar-refractivity contribution in [1.29, 1.82) is 0 Å². The minimum Gasteiger partial charge on any atom is -0.445 e. The van der Waals surface area contributed by atoms with E-state index in [2.05, 4.69) is 15.3 Å². The molecule has 0 unspecified atom stereocenters. The molecule has 3 aromatic rings. The van der Waals surface area contributed by atoms with Gasteiger partial charge in [-0.15, -0.1) is 11.8 Å². The van der Waals surface area contributed by atoms with Crippen LogP contribution in [0, 0.1) is 10.1 Å². The van der Waals surface area contributed by atoms with Gasteiger partial charge in [-0.3, -0.25) is 14.9 Å². The average molecular weight is 419 g/mol. The summed E-state index contributed by atoms with van der Waals surface area (Å²) < 4.78 is 6.57. The summed E-state index contributed by atoms with van der Waals surface area (Å²) in [7, 11) is 0. The van der Waals surface area contributed by atoms with Crippen LogP contribution in [-0.4, -0.2) is 20.8 Å². The number of hydrogen-bond acceptors (Lipinski definition) is 8. The van der Waals surface area contributed by atoms with E-state index in [4.69, 9.17) is 4.42 Å². The van der Waals surface area contributed by atoms with Gasteiger partial charge in [-0.2, -0.15) is 0 Å². The van der Waals surface area contributed by atoms with Crippen molar-refractivity contribution in [3.63, 3.8) is 0 Å². The molecular formula is C18H18N4O4S2. The first-order valence-electron chi connectivity index (χ1n) is 8.47. The van der Waals surface area contributed by atoms with Crippen molar-refractivity contribution in [3.8, 4) is 0 Å². The van der Waals surface area contributed by atoms with Crippen LogP contribution in [-0.2, 0) is 17.0 Å². The number of thiazole rings is 1. The van der Waals surface area contributed by atoms with Crippen LogP contribution in [0.25, 0.3) is 0 Å². The molecule has 3 rings (SSSR count). The van der Waals surface area contributed by atoms with Crippen LogP contribution >= 0.6 is 23.1 Å². The van der Waals surface area contributed by atoms with Crippen LogP contribution in [0.3, 0.4) is 0 Å². The van der Waals surface area contributed by atoms with E-state index in [1.807, 2.05) is 13.8 Å². The number of carbonyl (C=O) groups excluding carboxylic acids is 1. The first-order chi connectivity index (χ1) is 13.4. The van der Waals surface area contributed by atoms with Gasteiger partial charge in [0.15, 0.2) is 5.13 Å². The van der Waals surface area contributed by atoms with Gasteiger partial charge in [0.25, 0.3) is 5.69 Å². The van der Waals surface area contributed by atoms with Crippen LogP contribution in [0.4, 0.5) is 10.8 Å². The number of para-hydroxylation sites is 1. The minimum absolute atomic E-state index is 0.0697. The Bertz CT molecular complexity index is 983. The van der Waals surface area contributed by atoms with Gasteiger partial charge in [-0.25, -0.2) is 9.97 Å². The molecule has 0 saturated heterocycles. The number of rotatable bonds is 8. The van der Waals surface area contributed by atoms with Crippen LogP contribution in [0.2, 0.25) is 0 Å². The SMILES string of the molecule is CC(C)c1cnc(CSc2cnc(NC(=O)Cc3ccccc3[N+](=O)[O-])s2)o1. The molecule has 1 amide bonds. The van der Waals surface area contributed by atoms with Crippen LogP contribution in [0.1, 0.15) is 37.0 Å². The molecule has 0 atom stereocenters. The van der Waals surface area contributed by atoms with Gasteiger partial charge in [-0.05, 0) is 0 Å². The number of oxazole rings is 1. The zero-order chi connectivity index (χ0) is 20.1. The van der Waals surface area contributed by atoms with Crippen molar-refractivity contribution < 1.29 is 14.1 Å². The number of anilines is 1. The number of nitro benzene ring substituents is 1. The molecule has 146 valence electrons. The van der Waals surface area contributed by atoms with Crippen LogP contribution < -0.4 is 5.32 Å². The predicted octanol–water partition coefficient (Wildman–Crippen LogP) is 4.64. The molecule has 0 aliphatic carbocycles. The van der Waals surface area contributed by atoms with Crippen LogP contribution in [0.15, 0.2) is 45.3 Å². The number of carbonyl (C=O) groups is 1. The molecule has 0 aliphatic heterocycles. The lowest BCUT2D eigenvalue weighted by atomic mass is 10.1. The van der Waals surface area contributed by atoms with Crippen LogP contribution in [0.5, 0.6) is 0 Å². The highest BCUT2D eigenvalue weighted by Gasteiger charge is 2.16. The second-order valence-corrected chi connectivity index (χ2v) is 8.50. The summed E-state index contributed by atoms with van der Waals surface area (Å²) in [4.78, 5) is 31.2. The quantitative estimate of drug-likeness (QED) is 0.322. The van der Waals surface area contributed by atoms with E-state index in [1.54, 1.807) is 30.6 Å². The van der Waals surface area contributed by atoms with E-state index in [9.17, 15) is 14.9 Å². The molecule has 1 aromatic carbocycles. The van der Waals surface area contributed by atoms with E-state index in [0.29, 0.717) is 22.3 Å². The van der Waals surface area contributed by atoms with Gasteiger partial charge < -0.3 is 9.73 Å². The molecule has 1 N–H and O–H groups in total. The number of nitro groups is 1. The van der Waals surface area contributed by atoms with Crippen molar-refractivity contribution in [2.75, 3.05) is 5.32 Å². The van der Waals surface area contributed by atoms with Gasteiger partial charge >= 0.3 is 0 Å². The average Bonchev–Trinajstić information content (AvgIpc) is 3.29. The maximum atomic E-state index is 12.2. The van der Waals surface area contributed by atoms with Gasteiger partial charge in [0.05, 0.1) is 33.7 Å². The third-order valence-corrected chi connectivity index (χ3v) is 5.84. The zero-order valence-corrected chi connectivity index (χ0v) is 16.9. The third kappa shape index (κ3) is 5.17. The summed E-state index contributed by atoms with van der Waals surface area (Å²) in [6, 6.07) is 6.19. The predicted molar refractivity (Wildman–Crippen MR) is 108 cm³/mol. The fraction of sp³-hybridized carbons (Fsp3) is 0.278. The van der Waals surface area contributed by atoms with Gasteiger partial charge in [0.2, 0.25) is 11.8 Å². The molecule has 2 aromatic heterocycles. The first-order valence-corrected chi connectivity index (χ1v) is 10.3. The van der Waals surface area contributed by atoms with Crippen molar-refractivity contribution in [2.45, 2.75) is 36.1 Å². The number of nitrogens with one attached hydrogen (secondary N) is 1. The lowest BCUT2D eigenvalue weighted by Crippen LogP contribution is -2.15. The van der Waals surface area contributed by atoms with Crippen molar-refractivity contribution >= 4 is 39.8 Å². The summed E-state index contributed by atoms with van der Waals surface area (Å²) >= 11 is 2.85. The van der Waals surface area contributed by atoms with Crippen molar-refractivity contribution in [3.05, 3.63) is 64.0 Å². The molecule has 0 saturated carbocycles. The maximum absolute atomic E-state index is 12.2. The lowest BCUT2D eigenvalue weighted by molar-refractivity contribution is -0.385. The number of hydrogen-bond donors (Lipinski definition) is 1. The molecule has 0 bridgehead atoms. The smallest absolute Gasteiger partial charge is 0.273 e. The zero-order valence-electron chi connectivity index (χ0n) is 15.2. The van der Waals surface area contributed by atoms with Gasteiger partial charge in [0.1, 0.15) is 5.76 Å². The van der Waals surface area contributed by atoms with E-state index in [-0.39, 0.29) is 23.9 Å². The van der Waals surface area contributed by atoms with Crippen molar-refractivity contribution in [2.24, 2.45) is 0 Å². The largest absolute Gasteiger partial charge is 0.445 e. The standard InChI is InChI=1S/C18H18N4O4S2/c1-11(2)14-8-19-16(26-14)10-27-17-9-20-18(28-17)21-15(23)7-12-5-3-4-6-13(12)22(24)25/h3-6,8-9,11H,7,10H2,1-2H3,(H,20,21,23). The molecule has 2 heterocycles. The topological polar surface area (TPSA) is 111 Å². The summed E-state index contributed by atoms with van der Waals surface area (Å²) in [5, 5.41) is 14.2. The number of aromatic nitrogens is 2. The second kappa shape index (κ2) is 8.98. The van der Waals surface area contributed by atoms with Gasteiger partial charge in [0, 0.05) is 17.5 Å². The molecule has 28 heavy (non-hydrogen) atoms. The molecule has 0 radical (unpaired) electrons. The fourth-order valence-electron chi connectivity index (χ4n) is 2.35. The summed E-state index contributed by atoms with van der Waals surface area (Å²) in [6.45, 7) is 4.08. The van der Waals surface area contributed by atoms with E-state index < -0.39 is 4.92 Å². The summed E-state index contributed by atoms with van der Waals surface area (Å²) in [5.41, 5.74) is 0.292. The maximum Gasteiger partial charge on any atom is 0.273 e. The first kappa shape index (κ1) is 20.0. The second-order valence-electron chi connectivity index (χ2n) is 6.19. The van der Waals surface area contributed by atoms with E-state index >= 15 is 0 Å². The Morgan fingerprint density at radius 3 is 2.82 bits per heavy atom. The molecule has 0 aliphatic rings. The normalized spacial score (nSPS) is 11.0. The Kier molecular flexibility index (Phi) is 6.42. The molecule has 0 fully saturated rings. The highest BCUT2D eigenvalue weighted by Crippen LogP contribution is 2.31. The molecule has 10 heteroatoms. The lowest BCUT2D eigenvalue weighted by Gasteiger charge is -2.03. The highest BCUT2D eigenvalue weighted by molar-refractivity contribution is 8.00. The Labute approximate surface area is 169 Å². The number of amides is 1. The molecular weight excluding hydrogens is 400 g/mol. The molecule has 8 nitrogen and oxygen atoms in total. The Morgan fingerprint density at radius 2 is 2.11 bits per heavy atom. The Morgan fingerprint density at radius 1 is 1.32 bits per heavy atom. The van der Waals surface area contributed by atoms with E-state index in [1.165, 1.54) is 29.2 Å². The third-order valence-electron chi connectivity index (χ3n) is 3.75. The minimum atomic E-state index is -0.492. The number of benzene rings is 1.